The molecule has 1 aliphatic heterocycles. The van der Waals surface area contributed by atoms with Crippen molar-refractivity contribution >= 4 is 27.3 Å². The number of ether oxygens (including phenoxy) is 1. The summed E-state index contributed by atoms with van der Waals surface area (Å²) in [7, 11) is 1.60. The third-order valence-electron chi connectivity index (χ3n) is 5.15. The molecule has 3 aromatic rings. The molecule has 1 atom stereocenters. The summed E-state index contributed by atoms with van der Waals surface area (Å²) < 4.78 is 20.3. The molecule has 10 heteroatoms. The van der Waals surface area contributed by atoms with E-state index < -0.39 is 17.4 Å². The topological polar surface area (TPSA) is 88.8 Å². The maximum absolute atomic E-state index is 14.1. The van der Waals surface area contributed by atoms with Crippen LogP contribution in [0.15, 0.2) is 29.1 Å². The molecule has 1 saturated heterocycles. The number of hydrogen-bond acceptors (Lipinski definition) is 7. The second-order valence-corrected chi connectivity index (χ2v) is 7.97. The zero-order chi connectivity index (χ0) is 21.3. The van der Waals surface area contributed by atoms with Crippen LogP contribution in [0.2, 0.25) is 0 Å². The van der Waals surface area contributed by atoms with E-state index in [0.29, 0.717) is 36.0 Å². The van der Waals surface area contributed by atoms with Crippen LogP contribution in [0.4, 0.5) is 9.52 Å². The first kappa shape index (κ1) is 20.3. The van der Waals surface area contributed by atoms with Crippen molar-refractivity contribution < 1.29 is 13.9 Å². The number of nitrogens with one attached hydrogen (secondary N) is 1. The van der Waals surface area contributed by atoms with Gasteiger partial charge in [-0.25, -0.2) is 4.98 Å². The minimum absolute atomic E-state index is 0.115. The van der Waals surface area contributed by atoms with Crippen LogP contribution >= 0.6 is 11.3 Å². The summed E-state index contributed by atoms with van der Waals surface area (Å²) in [4.78, 5) is 31.5. The summed E-state index contributed by atoms with van der Waals surface area (Å²) in [5.74, 6) is -0.258. The van der Waals surface area contributed by atoms with Crippen LogP contribution in [0.5, 0.6) is 5.75 Å². The Morgan fingerprint density at radius 3 is 3.03 bits per heavy atom. The average molecular weight is 431 g/mol. The fraction of sp³-hybridized carbons (Fsp3) is 0.400. The van der Waals surface area contributed by atoms with Gasteiger partial charge in [-0.1, -0.05) is 30.4 Å². The molecule has 1 fully saturated rings. The summed E-state index contributed by atoms with van der Waals surface area (Å²) in [6.07, 6.45) is 1.82. The van der Waals surface area contributed by atoms with E-state index in [1.165, 1.54) is 11.3 Å². The van der Waals surface area contributed by atoms with Crippen molar-refractivity contribution in [2.45, 2.75) is 38.8 Å². The Morgan fingerprint density at radius 2 is 2.27 bits per heavy atom. The van der Waals surface area contributed by atoms with Crippen LogP contribution in [-0.4, -0.2) is 40.2 Å². The lowest BCUT2D eigenvalue weighted by Crippen LogP contribution is -2.43. The number of fused-ring (bicyclic) bond motifs is 1. The number of methoxy groups -OCH3 is 1. The van der Waals surface area contributed by atoms with E-state index >= 15 is 0 Å². The first-order valence-corrected chi connectivity index (χ1v) is 10.6. The minimum atomic E-state index is -0.874. The van der Waals surface area contributed by atoms with Gasteiger partial charge in [0.1, 0.15) is 11.8 Å². The Bertz CT molecular complexity index is 1150. The molecular weight excluding hydrogens is 409 g/mol. The molecule has 3 heterocycles. The summed E-state index contributed by atoms with van der Waals surface area (Å²) in [5.41, 5.74) is 0.257. The highest BCUT2D eigenvalue weighted by Crippen LogP contribution is 2.29. The summed E-state index contributed by atoms with van der Waals surface area (Å²) >= 11 is 1.19. The van der Waals surface area contributed by atoms with Crippen molar-refractivity contribution in [2.24, 2.45) is 0 Å². The molecular formula is C20H22FN5O3S. The van der Waals surface area contributed by atoms with Gasteiger partial charge in [-0.15, -0.1) is 5.10 Å². The van der Waals surface area contributed by atoms with Crippen LogP contribution in [-0.2, 0) is 17.8 Å². The van der Waals surface area contributed by atoms with Crippen LogP contribution in [0.25, 0.3) is 4.96 Å². The minimum Gasteiger partial charge on any atom is -0.497 e. The molecule has 0 radical (unpaired) electrons. The maximum Gasteiger partial charge on any atom is 0.311 e. The molecule has 1 N–H and O–H groups in total. The van der Waals surface area contributed by atoms with Crippen molar-refractivity contribution in [3.63, 3.8) is 0 Å². The molecule has 158 valence electrons. The van der Waals surface area contributed by atoms with Gasteiger partial charge < -0.3 is 15.0 Å². The Hall–Kier alpha value is -3.01. The van der Waals surface area contributed by atoms with Gasteiger partial charge in [0.05, 0.1) is 12.8 Å². The lowest BCUT2D eigenvalue weighted by molar-refractivity contribution is -0.122. The predicted octanol–water partition coefficient (Wildman–Crippen LogP) is 2.15. The van der Waals surface area contributed by atoms with Crippen LogP contribution in [0, 0.1) is 5.82 Å². The number of anilines is 1. The van der Waals surface area contributed by atoms with E-state index in [9.17, 15) is 14.0 Å². The highest BCUT2D eigenvalue weighted by Gasteiger charge is 2.33. The molecule has 2 aromatic heterocycles. The second-order valence-electron chi connectivity index (χ2n) is 7.03. The number of hydrogen-bond donors (Lipinski definition) is 1. The summed E-state index contributed by atoms with van der Waals surface area (Å²) in [6.45, 7) is 2.76. The van der Waals surface area contributed by atoms with E-state index in [4.69, 9.17) is 4.74 Å². The molecule has 0 spiro atoms. The zero-order valence-corrected chi connectivity index (χ0v) is 17.5. The number of rotatable bonds is 6. The second kappa shape index (κ2) is 8.39. The van der Waals surface area contributed by atoms with Gasteiger partial charge in [0.15, 0.2) is 0 Å². The number of aryl methyl sites for hydroxylation is 1. The van der Waals surface area contributed by atoms with E-state index in [1.807, 2.05) is 29.2 Å². The Morgan fingerprint density at radius 1 is 1.43 bits per heavy atom. The van der Waals surface area contributed by atoms with Gasteiger partial charge in [0, 0.05) is 13.1 Å². The Kier molecular flexibility index (Phi) is 5.67. The molecule has 1 amide bonds. The van der Waals surface area contributed by atoms with Gasteiger partial charge in [-0.2, -0.15) is 8.91 Å². The third kappa shape index (κ3) is 3.74. The third-order valence-corrected chi connectivity index (χ3v) is 6.10. The smallest absolute Gasteiger partial charge is 0.311 e. The van der Waals surface area contributed by atoms with Crippen molar-refractivity contribution in [2.75, 3.05) is 18.6 Å². The van der Waals surface area contributed by atoms with Crippen LogP contribution in [0.3, 0.4) is 0 Å². The number of nitrogens with zero attached hydrogens (tertiary/aromatic N) is 4. The lowest BCUT2D eigenvalue weighted by Gasteiger charge is -2.22. The van der Waals surface area contributed by atoms with Crippen molar-refractivity contribution in [1.82, 2.24) is 19.9 Å². The predicted molar refractivity (Wildman–Crippen MR) is 112 cm³/mol. The quantitative estimate of drug-likeness (QED) is 0.643. The average Bonchev–Trinajstić information content (AvgIpc) is 3.41. The lowest BCUT2D eigenvalue weighted by atomic mass is 10.2. The van der Waals surface area contributed by atoms with Gasteiger partial charge in [-0.05, 0) is 37.0 Å². The Balaban J connectivity index is 1.53. The highest BCUT2D eigenvalue weighted by molar-refractivity contribution is 7.20. The van der Waals surface area contributed by atoms with Crippen molar-refractivity contribution in [1.29, 1.82) is 0 Å². The fourth-order valence-corrected chi connectivity index (χ4v) is 4.55. The molecule has 1 aromatic carbocycles. The summed E-state index contributed by atoms with van der Waals surface area (Å²) in [5, 5.41) is 7.71. The number of aromatic nitrogens is 3. The van der Waals surface area contributed by atoms with Crippen LogP contribution in [0.1, 0.15) is 31.0 Å². The molecule has 0 aliphatic carbocycles. The largest absolute Gasteiger partial charge is 0.497 e. The molecule has 0 bridgehead atoms. The van der Waals surface area contributed by atoms with E-state index in [2.05, 4.69) is 15.4 Å². The first-order chi connectivity index (χ1) is 14.5. The Labute approximate surface area is 176 Å². The molecule has 0 saturated carbocycles. The van der Waals surface area contributed by atoms with Gasteiger partial charge in [0.25, 0.3) is 0 Å². The van der Waals surface area contributed by atoms with Gasteiger partial charge in [-0.3, -0.25) is 9.59 Å². The van der Waals surface area contributed by atoms with Crippen LogP contribution < -0.4 is 20.5 Å². The SMILES string of the molecule is CCc1nc2sc(N3CCC[C@@H]3C(=O)NCc3cccc(OC)c3)nn2c(=O)c1F. The number of carbonyl (C=O) groups excluding carboxylic acids is 1. The number of halogens is 1. The van der Waals surface area contributed by atoms with Gasteiger partial charge in [0.2, 0.25) is 21.8 Å². The molecule has 0 unspecified atom stereocenters. The molecule has 1 aliphatic rings. The highest BCUT2D eigenvalue weighted by atomic mass is 32.1. The van der Waals surface area contributed by atoms with E-state index in [-0.39, 0.29) is 11.6 Å². The monoisotopic (exact) mass is 431 g/mol. The zero-order valence-electron chi connectivity index (χ0n) is 16.7. The fourth-order valence-electron chi connectivity index (χ4n) is 3.57. The van der Waals surface area contributed by atoms with Crippen molar-refractivity contribution in [3.05, 3.63) is 51.7 Å². The van der Waals surface area contributed by atoms with E-state index in [1.54, 1.807) is 14.0 Å². The standard InChI is InChI=1S/C20H22FN5O3S/c1-3-14-16(21)18(28)26-19(23-14)30-20(24-26)25-9-5-8-15(25)17(27)22-11-12-6-4-7-13(10-12)29-2/h4,6-7,10,15H,3,5,8-9,11H2,1-2H3,(H,22,27)/t15-/m1/s1. The number of amides is 1. The molecule has 8 nitrogen and oxygen atoms in total. The molecule has 4 rings (SSSR count). The maximum atomic E-state index is 14.1. The summed E-state index contributed by atoms with van der Waals surface area (Å²) in [6, 6.07) is 7.11. The first-order valence-electron chi connectivity index (χ1n) is 9.77. The van der Waals surface area contributed by atoms with Gasteiger partial charge >= 0.3 is 5.56 Å². The number of benzene rings is 1. The molecule has 30 heavy (non-hydrogen) atoms. The number of carbonyl (C=O) groups is 1. The van der Waals surface area contributed by atoms with E-state index in [0.717, 1.165) is 22.2 Å². The normalized spacial score (nSPS) is 16.2. The van der Waals surface area contributed by atoms with Crippen molar-refractivity contribution in [3.8, 4) is 5.75 Å².